The molecule has 0 saturated carbocycles. The standard InChI is InChI=1S/C17H19FO/c1-17(2)10-15(19-3)8-13-6-12-7-14(18)5-4-11(12)9-16(13)17/h4-5,7,10H,6,8-9H2,1-3H3. The number of allylic oxidation sites excluding steroid dienone is 3. The molecule has 0 aliphatic heterocycles. The van der Waals surface area contributed by atoms with Gasteiger partial charge in [-0.1, -0.05) is 31.1 Å². The molecule has 0 amide bonds. The highest BCUT2D eigenvalue weighted by Gasteiger charge is 2.32. The summed E-state index contributed by atoms with van der Waals surface area (Å²) in [6.07, 6.45) is 4.88. The van der Waals surface area contributed by atoms with Gasteiger partial charge in [0.1, 0.15) is 5.82 Å². The first-order chi connectivity index (χ1) is 8.99. The lowest BCUT2D eigenvalue weighted by atomic mass is 9.69. The smallest absolute Gasteiger partial charge is 0.123 e. The monoisotopic (exact) mass is 258 g/mol. The topological polar surface area (TPSA) is 9.23 Å². The van der Waals surface area contributed by atoms with Gasteiger partial charge in [0.25, 0.3) is 0 Å². The predicted molar refractivity (Wildman–Crippen MR) is 74.3 cm³/mol. The van der Waals surface area contributed by atoms with Crippen molar-refractivity contribution in [3.05, 3.63) is 58.1 Å². The second kappa shape index (κ2) is 4.22. The van der Waals surface area contributed by atoms with E-state index in [4.69, 9.17) is 4.74 Å². The van der Waals surface area contributed by atoms with E-state index in [0.717, 1.165) is 30.6 Å². The highest BCUT2D eigenvalue weighted by Crippen LogP contribution is 2.44. The Kier molecular flexibility index (Phi) is 2.77. The molecule has 0 N–H and O–H groups in total. The molecule has 3 rings (SSSR count). The molecule has 0 saturated heterocycles. The van der Waals surface area contributed by atoms with Crippen LogP contribution in [0.5, 0.6) is 0 Å². The lowest BCUT2D eigenvalue weighted by molar-refractivity contribution is 0.268. The zero-order chi connectivity index (χ0) is 13.6. The van der Waals surface area contributed by atoms with Crippen molar-refractivity contribution in [1.82, 2.24) is 0 Å². The van der Waals surface area contributed by atoms with Crippen molar-refractivity contribution in [3.63, 3.8) is 0 Å². The normalized spacial score (nSPS) is 20.5. The number of halogens is 1. The third-order valence-electron chi connectivity index (χ3n) is 4.32. The summed E-state index contributed by atoms with van der Waals surface area (Å²) >= 11 is 0. The van der Waals surface area contributed by atoms with E-state index >= 15 is 0 Å². The fraction of sp³-hybridized carbons (Fsp3) is 0.412. The summed E-state index contributed by atoms with van der Waals surface area (Å²) in [5.41, 5.74) is 5.31. The maximum absolute atomic E-state index is 13.4. The Morgan fingerprint density at radius 3 is 2.63 bits per heavy atom. The lowest BCUT2D eigenvalue weighted by Crippen LogP contribution is -2.25. The van der Waals surface area contributed by atoms with Crippen LogP contribution in [-0.2, 0) is 17.6 Å². The number of hydrogen-bond acceptors (Lipinski definition) is 1. The van der Waals surface area contributed by atoms with Crippen molar-refractivity contribution in [2.24, 2.45) is 5.41 Å². The predicted octanol–water partition coefficient (Wildman–Crippen LogP) is 4.18. The van der Waals surface area contributed by atoms with E-state index in [1.165, 1.54) is 16.7 Å². The summed E-state index contributed by atoms with van der Waals surface area (Å²) in [7, 11) is 1.73. The number of hydrogen-bond donors (Lipinski definition) is 0. The van der Waals surface area contributed by atoms with E-state index < -0.39 is 0 Å². The molecule has 2 aliphatic carbocycles. The van der Waals surface area contributed by atoms with Gasteiger partial charge in [0, 0.05) is 11.8 Å². The SMILES string of the molecule is COC1=CC(C)(C)C2=C(C1)Cc1cc(F)ccc1C2. The quantitative estimate of drug-likeness (QED) is 0.687. The van der Waals surface area contributed by atoms with Gasteiger partial charge in [-0.25, -0.2) is 4.39 Å². The van der Waals surface area contributed by atoms with Crippen LogP contribution in [0.2, 0.25) is 0 Å². The lowest BCUT2D eigenvalue weighted by Gasteiger charge is -2.36. The second-order valence-corrected chi connectivity index (χ2v) is 6.06. The van der Waals surface area contributed by atoms with Gasteiger partial charge in [0.2, 0.25) is 0 Å². The van der Waals surface area contributed by atoms with Gasteiger partial charge >= 0.3 is 0 Å². The first-order valence-corrected chi connectivity index (χ1v) is 6.74. The Hall–Kier alpha value is -1.57. The molecule has 0 atom stereocenters. The Morgan fingerprint density at radius 1 is 1.11 bits per heavy atom. The summed E-state index contributed by atoms with van der Waals surface area (Å²) in [5, 5.41) is 0. The summed E-state index contributed by atoms with van der Waals surface area (Å²) in [5.74, 6) is 0.893. The molecule has 0 heterocycles. The fourth-order valence-corrected chi connectivity index (χ4v) is 3.32. The van der Waals surface area contributed by atoms with E-state index in [0.29, 0.717) is 0 Å². The largest absolute Gasteiger partial charge is 0.501 e. The minimum Gasteiger partial charge on any atom is -0.501 e. The van der Waals surface area contributed by atoms with Crippen molar-refractivity contribution >= 4 is 0 Å². The van der Waals surface area contributed by atoms with E-state index in [2.05, 4.69) is 19.9 Å². The molecule has 0 aromatic heterocycles. The zero-order valence-corrected chi connectivity index (χ0v) is 11.7. The van der Waals surface area contributed by atoms with E-state index in [-0.39, 0.29) is 11.2 Å². The first-order valence-electron chi connectivity index (χ1n) is 6.74. The average Bonchev–Trinajstić information content (AvgIpc) is 2.36. The van der Waals surface area contributed by atoms with Crippen LogP contribution in [-0.4, -0.2) is 7.11 Å². The molecule has 0 radical (unpaired) electrons. The van der Waals surface area contributed by atoms with Crippen LogP contribution in [0.3, 0.4) is 0 Å². The number of rotatable bonds is 1. The molecule has 1 aromatic carbocycles. The van der Waals surface area contributed by atoms with Gasteiger partial charge in [0.05, 0.1) is 12.9 Å². The van der Waals surface area contributed by atoms with Crippen LogP contribution in [0.25, 0.3) is 0 Å². The average molecular weight is 258 g/mol. The zero-order valence-electron chi connectivity index (χ0n) is 11.7. The highest BCUT2D eigenvalue weighted by molar-refractivity contribution is 5.47. The van der Waals surface area contributed by atoms with Crippen LogP contribution in [0, 0.1) is 11.2 Å². The number of methoxy groups -OCH3 is 1. The van der Waals surface area contributed by atoms with Crippen LogP contribution in [0.15, 0.2) is 41.2 Å². The highest BCUT2D eigenvalue weighted by atomic mass is 19.1. The Bertz CT molecular complexity index is 593. The van der Waals surface area contributed by atoms with Gasteiger partial charge in [0.15, 0.2) is 0 Å². The minimum atomic E-state index is -0.139. The summed E-state index contributed by atoms with van der Waals surface area (Å²) in [4.78, 5) is 0. The number of benzene rings is 1. The van der Waals surface area contributed by atoms with Crippen molar-refractivity contribution in [2.45, 2.75) is 33.1 Å². The molecule has 0 unspecified atom stereocenters. The third kappa shape index (κ3) is 2.09. The van der Waals surface area contributed by atoms with Crippen molar-refractivity contribution in [1.29, 1.82) is 0 Å². The van der Waals surface area contributed by atoms with Gasteiger partial charge in [-0.3, -0.25) is 0 Å². The first kappa shape index (κ1) is 12.5. The molecule has 100 valence electrons. The molecule has 1 aromatic rings. The molecule has 19 heavy (non-hydrogen) atoms. The van der Waals surface area contributed by atoms with Gasteiger partial charge in [-0.15, -0.1) is 0 Å². The number of ether oxygens (including phenoxy) is 1. The molecular formula is C17H19FO. The van der Waals surface area contributed by atoms with E-state index in [9.17, 15) is 4.39 Å². The summed E-state index contributed by atoms with van der Waals surface area (Å²) in [6.45, 7) is 4.46. The van der Waals surface area contributed by atoms with Gasteiger partial charge in [-0.05, 0) is 42.2 Å². The minimum absolute atomic E-state index is 0.0327. The molecular weight excluding hydrogens is 239 g/mol. The Morgan fingerprint density at radius 2 is 1.89 bits per heavy atom. The van der Waals surface area contributed by atoms with Crippen molar-refractivity contribution in [3.8, 4) is 0 Å². The van der Waals surface area contributed by atoms with Crippen molar-refractivity contribution in [2.75, 3.05) is 7.11 Å². The molecule has 0 bridgehead atoms. The molecule has 0 fully saturated rings. The van der Waals surface area contributed by atoms with E-state index in [1.807, 2.05) is 6.07 Å². The molecule has 1 nitrogen and oxygen atoms in total. The Labute approximate surface area is 113 Å². The third-order valence-corrected chi connectivity index (χ3v) is 4.32. The molecule has 2 aliphatic rings. The summed E-state index contributed by atoms with van der Waals surface area (Å²) in [6, 6.07) is 5.17. The fourth-order valence-electron chi connectivity index (χ4n) is 3.32. The van der Waals surface area contributed by atoms with Gasteiger partial charge in [-0.2, -0.15) is 0 Å². The van der Waals surface area contributed by atoms with E-state index in [1.54, 1.807) is 19.2 Å². The van der Waals surface area contributed by atoms with Crippen LogP contribution >= 0.6 is 0 Å². The summed E-state index contributed by atoms with van der Waals surface area (Å²) < 4.78 is 18.8. The van der Waals surface area contributed by atoms with Crippen LogP contribution in [0.4, 0.5) is 4.39 Å². The van der Waals surface area contributed by atoms with Crippen LogP contribution < -0.4 is 0 Å². The number of fused-ring (bicyclic) bond motifs is 1. The van der Waals surface area contributed by atoms with Gasteiger partial charge < -0.3 is 4.74 Å². The Balaban J connectivity index is 2.01. The maximum Gasteiger partial charge on any atom is 0.123 e. The second-order valence-electron chi connectivity index (χ2n) is 6.06. The molecule has 0 spiro atoms. The maximum atomic E-state index is 13.4. The van der Waals surface area contributed by atoms with Crippen LogP contribution in [0.1, 0.15) is 31.4 Å². The van der Waals surface area contributed by atoms with Crippen molar-refractivity contribution < 1.29 is 9.13 Å². The molecule has 2 heteroatoms.